The highest BCUT2D eigenvalue weighted by molar-refractivity contribution is 9.10. The van der Waals surface area contributed by atoms with Gasteiger partial charge >= 0.3 is 0 Å². The van der Waals surface area contributed by atoms with Crippen molar-refractivity contribution in [3.63, 3.8) is 0 Å². The molecule has 3 N–H and O–H groups in total. The third-order valence-corrected chi connectivity index (χ3v) is 4.33. The van der Waals surface area contributed by atoms with Gasteiger partial charge in [0.25, 0.3) is 0 Å². The number of hydrogen-bond acceptors (Lipinski definition) is 3. The molecule has 20 heavy (non-hydrogen) atoms. The lowest BCUT2D eigenvalue weighted by Gasteiger charge is -2.17. The van der Waals surface area contributed by atoms with Gasteiger partial charge in [-0.05, 0) is 36.4 Å². The summed E-state index contributed by atoms with van der Waals surface area (Å²) in [5.41, 5.74) is 3.07. The predicted octanol–water partition coefficient (Wildman–Crippen LogP) is 4.02. The van der Waals surface area contributed by atoms with Crippen LogP contribution in [0.4, 0.5) is 8.78 Å². The lowest BCUT2D eigenvalue weighted by atomic mass is 10.1. The van der Waals surface area contributed by atoms with Crippen LogP contribution in [0.2, 0.25) is 0 Å². The number of rotatable bonds is 5. The average Bonchev–Trinajstić information content (AvgIpc) is 2.43. The van der Waals surface area contributed by atoms with Gasteiger partial charge in [-0.2, -0.15) is 0 Å². The van der Waals surface area contributed by atoms with Crippen molar-refractivity contribution in [1.29, 1.82) is 0 Å². The lowest BCUT2D eigenvalue weighted by Crippen LogP contribution is -2.30. The molecule has 106 valence electrons. The number of hydrazine groups is 1. The van der Waals surface area contributed by atoms with Crippen LogP contribution in [0.5, 0.6) is 0 Å². The van der Waals surface area contributed by atoms with Crippen LogP contribution in [0.3, 0.4) is 0 Å². The topological polar surface area (TPSA) is 38.0 Å². The first-order chi connectivity index (χ1) is 9.60. The molecule has 1 unspecified atom stereocenters. The Bertz CT molecular complexity index is 595. The van der Waals surface area contributed by atoms with Crippen molar-refractivity contribution in [3.8, 4) is 0 Å². The van der Waals surface area contributed by atoms with Gasteiger partial charge in [0.05, 0.1) is 6.04 Å². The molecular weight excluding hydrogens is 346 g/mol. The van der Waals surface area contributed by atoms with Gasteiger partial charge in [-0.1, -0.05) is 22.0 Å². The van der Waals surface area contributed by atoms with Crippen molar-refractivity contribution in [3.05, 3.63) is 64.1 Å². The molecule has 0 amide bonds. The van der Waals surface area contributed by atoms with Crippen LogP contribution >= 0.6 is 27.7 Å². The monoisotopic (exact) mass is 358 g/mol. The third-order valence-electron chi connectivity index (χ3n) is 2.75. The minimum Gasteiger partial charge on any atom is -0.271 e. The number of halogens is 3. The highest BCUT2D eigenvalue weighted by Crippen LogP contribution is 2.27. The minimum absolute atomic E-state index is 0.291. The van der Waals surface area contributed by atoms with E-state index >= 15 is 0 Å². The normalized spacial score (nSPS) is 12.4. The average molecular weight is 359 g/mol. The van der Waals surface area contributed by atoms with E-state index < -0.39 is 0 Å². The fourth-order valence-electron chi connectivity index (χ4n) is 1.75. The van der Waals surface area contributed by atoms with Crippen LogP contribution in [-0.2, 0) is 0 Å². The molecule has 0 aliphatic rings. The summed E-state index contributed by atoms with van der Waals surface area (Å²) >= 11 is 4.72. The number of nitrogens with two attached hydrogens (primary N) is 1. The molecule has 0 aliphatic heterocycles. The molecular formula is C14H13BrF2N2S. The lowest BCUT2D eigenvalue weighted by molar-refractivity contribution is 0.546. The summed E-state index contributed by atoms with van der Waals surface area (Å²) in [6, 6.07) is 10.6. The molecule has 0 saturated heterocycles. The molecule has 2 rings (SSSR count). The summed E-state index contributed by atoms with van der Waals surface area (Å²) < 4.78 is 27.7. The molecule has 0 radical (unpaired) electrons. The molecule has 0 fully saturated rings. The summed E-state index contributed by atoms with van der Waals surface area (Å²) in [4.78, 5) is 0.778. The first kappa shape index (κ1) is 15.4. The van der Waals surface area contributed by atoms with E-state index in [0.29, 0.717) is 11.3 Å². The highest BCUT2D eigenvalue weighted by Gasteiger charge is 2.15. The van der Waals surface area contributed by atoms with E-state index in [-0.39, 0.29) is 17.7 Å². The van der Waals surface area contributed by atoms with Crippen LogP contribution in [0.25, 0.3) is 0 Å². The summed E-state index contributed by atoms with van der Waals surface area (Å²) in [5, 5.41) is 0. The Kier molecular flexibility index (Phi) is 5.54. The summed E-state index contributed by atoms with van der Waals surface area (Å²) in [6.45, 7) is 0. The maximum Gasteiger partial charge on any atom is 0.128 e. The molecule has 2 nitrogen and oxygen atoms in total. The van der Waals surface area contributed by atoms with E-state index in [2.05, 4.69) is 21.4 Å². The van der Waals surface area contributed by atoms with Gasteiger partial charge < -0.3 is 0 Å². The maximum atomic E-state index is 13.8. The van der Waals surface area contributed by atoms with Gasteiger partial charge in [0.15, 0.2) is 0 Å². The first-order valence-corrected chi connectivity index (χ1v) is 7.67. The molecule has 2 aromatic rings. The second-order valence-corrected chi connectivity index (χ2v) is 6.16. The van der Waals surface area contributed by atoms with E-state index in [0.717, 1.165) is 9.37 Å². The van der Waals surface area contributed by atoms with Crippen molar-refractivity contribution in [2.45, 2.75) is 10.9 Å². The first-order valence-electron chi connectivity index (χ1n) is 5.89. The van der Waals surface area contributed by atoms with Gasteiger partial charge in [-0.3, -0.25) is 11.3 Å². The van der Waals surface area contributed by atoms with Gasteiger partial charge in [0.1, 0.15) is 11.6 Å². The van der Waals surface area contributed by atoms with Crippen LogP contribution in [-0.4, -0.2) is 5.75 Å². The smallest absolute Gasteiger partial charge is 0.128 e. The van der Waals surface area contributed by atoms with Crippen molar-refractivity contribution < 1.29 is 8.78 Å². The molecule has 0 aromatic heterocycles. The van der Waals surface area contributed by atoms with E-state index in [1.807, 2.05) is 0 Å². The minimum atomic E-state index is -0.360. The largest absolute Gasteiger partial charge is 0.271 e. The van der Waals surface area contributed by atoms with Crippen molar-refractivity contribution in [2.75, 3.05) is 5.75 Å². The fraction of sp³-hybridized carbons (Fsp3) is 0.143. The molecule has 1 atom stereocenters. The Morgan fingerprint density at radius 3 is 2.70 bits per heavy atom. The van der Waals surface area contributed by atoms with Crippen LogP contribution in [0.15, 0.2) is 51.8 Å². The number of nitrogens with one attached hydrogen (secondary N) is 1. The zero-order valence-electron chi connectivity index (χ0n) is 10.4. The molecule has 0 aliphatic carbocycles. The van der Waals surface area contributed by atoms with Gasteiger partial charge in [0, 0.05) is 20.7 Å². The predicted molar refractivity (Wildman–Crippen MR) is 81.3 cm³/mol. The van der Waals surface area contributed by atoms with E-state index in [4.69, 9.17) is 5.84 Å². The number of hydrogen-bond donors (Lipinski definition) is 2. The quantitative estimate of drug-likeness (QED) is 0.481. The van der Waals surface area contributed by atoms with Crippen molar-refractivity contribution in [2.24, 2.45) is 5.84 Å². The third kappa shape index (κ3) is 4.02. The van der Waals surface area contributed by atoms with Gasteiger partial charge in [-0.15, -0.1) is 11.8 Å². The molecule has 0 bridgehead atoms. The Hall–Kier alpha value is -0.950. The second kappa shape index (κ2) is 7.17. The van der Waals surface area contributed by atoms with Gasteiger partial charge in [0.2, 0.25) is 0 Å². The fourth-order valence-corrected chi connectivity index (χ4v) is 3.13. The van der Waals surface area contributed by atoms with Crippen molar-refractivity contribution >= 4 is 27.7 Å². The zero-order valence-corrected chi connectivity index (χ0v) is 12.8. The number of thioether (sulfide) groups is 1. The van der Waals surface area contributed by atoms with E-state index in [1.54, 1.807) is 24.3 Å². The van der Waals surface area contributed by atoms with Gasteiger partial charge in [-0.25, -0.2) is 8.78 Å². The Morgan fingerprint density at radius 2 is 2.00 bits per heavy atom. The molecule has 0 spiro atoms. The summed E-state index contributed by atoms with van der Waals surface area (Å²) in [7, 11) is 0. The molecule has 6 heteroatoms. The van der Waals surface area contributed by atoms with E-state index in [9.17, 15) is 8.78 Å². The highest BCUT2D eigenvalue weighted by atomic mass is 79.9. The van der Waals surface area contributed by atoms with Crippen LogP contribution in [0.1, 0.15) is 11.6 Å². The molecule has 2 aromatic carbocycles. The molecule has 0 heterocycles. The standard InChI is InChI=1S/C14H13BrF2N2S/c15-9-4-5-13(17)12(6-9)14(19-18)8-20-11-3-1-2-10(16)7-11/h1-7,14,19H,8,18H2. The zero-order chi connectivity index (χ0) is 14.5. The Labute approximate surface area is 128 Å². The summed E-state index contributed by atoms with van der Waals surface area (Å²) in [5.74, 6) is 5.38. The Balaban J connectivity index is 2.11. The van der Waals surface area contributed by atoms with E-state index in [1.165, 1.54) is 30.0 Å². The summed E-state index contributed by atoms with van der Waals surface area (Å²) in [6.07, 6.45) is 0. The van der Waals surface area contributed by atoms with Crippen LogP contribution < -0.4 is 11.3 Å². The molecule has 0 saturated carbocycles. The van der Waals surface area contributed by atoms with Crippen LogP contribution in [0, 0.1) is 11.6 Å². The maximum absolute atomic E-state index is 13.8. The second-order valence-electron chi connectivity index (χ2n) is 4.15. The van der Waals surface area contributed by atoms with Crippen molar-refractivity contribution in [1.82, 2.24) is 5.43 Å². The SMILES string of the molecule is NNC(CSc1cccc(F)c1)c1cc(Br)ccc1F. The Morgan fingerprint density at radius 1 is 1.20 bits per heavy atom. The number of benzene rings is 2.